The van der Waals surface area contributed by atoms with Crippen molar-refractivity contribution in [2.24, 2.45) is 0 Å². The Labute approximate surface area is 176 Å². The minimum atomic E-state index is -5.92. The highest BCUT2D eigenvalue weighted by atomic mass is 19.4. The minimum absolute atomic E-state index is 0.166. The summed E-state index contributed by atoms with van der Waals surface area (Å²) in [7, 11) is 0. The normalized spacial score (nSPS) is 12.4. The van der Waals surface area contributed by atoms with Gasteiger partial charge in [0.1, 0.15) is 5.52 Å². The third kappa shape index (κ3) is 4.12. The quantitative estimate of drug-likeness (QED) is 0.188. The van der Waals surface area contributed by atoms with E-state index in [4.69, 9.17) is 0 Å². The first-order chi connectivity index (χ1) is 14.9. The summed E-state index contributed by atoms with van der Waals surface area (Å²) in [6, 6.07) is 10.4. The lowest BCUT2D eigenvalue weighted by atomic mass is 10.00. The Morgan fingerprint density at radius 1 is 0.969 bits per heavy atom. The molecule has 0 spiro atoms. The van der Waals surface area contributed by atoms with Crippen LogP contribution >= 0.6 is 0 Å². The van der Waals surface area contributed by atoms with Crippen molar-refractivity contribution in [1.29, 1.82) is 0 Å². The number of alkyl halides is 6. The molecule has 3 aromatic rings. The second-order valence-electron chi connectivity index (χ2n) is 6.60. The second-order valence-corrected chi connectivity index (χ2v) is 6.60. The van der Waals surface area contributed by atoms with Crippen LogP contribution in [0.15, 0.2) is 48.5 Å². The van der Waals surface area contributed by atoms with Gasteiger partial charge in [0, 0.05) is 5.56 Å². The number of hydrogen-bond acceptors (Lipinski definition) is 4. The number of ketones is 1. The average molecular weight is 460 g/mol. The number of esters is 1. The first kappa shape index (κ1) is 23.1. The van der Waals surface area contributed by atoms with Gasteiger partial charge in [-0.25, -0.2) is 4.79 Å². The molecule has 0 amide bonds. The van der Waals surface area contributed by atoms with E-state index in [2.05, 4.69) is 4.74 Å². The number of halogens is 6. The van der Waals surface area contributed by atoms with Crippen molar-refractivity contribution in [2.75, 3.05) is 0 Å². The monoisotopic (exact) mass is 460 g/mol. The van der Waals surface area contributed by atoms with Crippen LogP contribution in [0.5, 0.6) is 0 Å². The van der Waals surface area contributed by atoms with Crippen LogP contribution in [-0.2, 0) is 11.3 Å². The van der Waals surface area contributed by atoms with Crippen molar-refractivity contribution >= 4 is 22.7 Å². The number of carbonyl (C=O) groups excluding carboxylic acids is 2. The maximum atomic E-state index is 13.1. The smallest absolute Gasteiger partial charge is 0.434 e. The second kappa shape index (κ2) is 8.17. The number of fused-ring (bicyclic) bond motifs is 1. The van der Waals surface area contributed by atoms with Crippen LogP contribution in [0.1, 0.15) is 33.3 Å². The first-order valence-corrected chi connectivity index (χ1v) is 9.07. The van der Waals surface area contributed by atoms with E-state index in [0.717, 1.165) is 18.2 Å². The van der Waals surface area contributed by atoms with E-state index in [1.54, 1.807) is 19.1 Å². The molecule has 12 heteroatoms. The molecule has 0 N–H and O–H groups in total. The van der Waals surface area contributed by atoms with Gasteiger partial charge in [0.05, 0.1) is 17.5 Å². The highest BCUT2D eigenvalue weighted by molar-refractivity contribution is 6.17. The van der Waals surface area contributed by atoms with E-state index in [1.165, 1.54) is 22.9 Å². The maximum absolute atomic E-state index is 13.1. The molecule has 1 aromatic heterocycles. The number of aryl methyl sites for hydroxylation is 1. The zero-order chi connectivity index (χ0) is 23.8. The Bertz CT molecular complexity index is 1170. The van der Waals surface area contributed by atoms with E-state index in [-0.39, 0.29) is 16.8 Å². The van der Waals surface area contributed by atoms with Crippen LogP contribution in [0.3, 0.4) is 0 Å². The van der Waals surface area contributed by atoms with Crippen LogP contribution in [0.25, 0.3) is 10.9 Å². The van der Waals surface area contributed by atoms with Crippen molar-refractivity contribution in [1.82, 2.24) is 4.68 Å². The third-order valence-corrected chi connectivity index (χ3v) is 4.57. The molecule has 0 unspecified atom stereocenters. The summed E-state index contributed by atoms with van der Waals surface area (Å²) in [5, 5.41) is 12.9. The molecule has 3 rings (SSSR count). The van der Waals surface area contributed by atoms with Gasteiger partial charge in [-0.15, -0.1) is 4.68 Å². The first-order valence-electron chi connectivity index (χ1n) is 9.07. The molecule has 170 valence electrons. The third-order valence-electron chi connectivity index (χ3n) is 4.57. The van der Waals surface area contributed by atoms with Gasteiger partial charge in [0.15, 0.2) is 0 Å². The van der Waals surface area contributed by atoms with Crippen LogP contribution in [-0.4, -0.2) is 34.9 Å². The predicted molar refractivity (Wildman–Crippen MR) is 97.8 cm³/mol. The molecule has 0 bridgehead atoms. The number of benzene rings is 2. The lowest BCUT2D eigenvalue weighted by molar-refractivity contribution is -0.692. The molecule has 0 fully saturated rings. The van der Waals surface area contributed by atoms with Gasteiger partial charge in [-0.2, -0.15) is 26.3 Å². The fourth-order valence-electron chi connectivity index (χ4n) is 3.20. The van der Waals surface area contributed by atoms with E-state index >= 15 is 0 Å². The predicted octanol–water partition coefficient (Wildman–Crippen LogP) is 4.18. The van der Waals surface area contributed by atoms with E-state index in [0.29, 0.717) is 5.52 Å². The van der Waals surface area contributed by atoms with Crippen molar-refractivity contribution in [3.05, 3.63) is 70.6 Å². The van der Waals surface area contributed by atoms with Gasteiger partial charge in [-0.1, -0.05) is 29.1 Å². The summed E-state index contributed by atoms with van der Waals surface area (Å²) in [4.78, 5) is 25.6. The maximum Gasteiger partial charge on any atom is 0.434 e. The van der Waals surface area contributed by atoms with Gasteiger partial charge in [0.2, 0.25) is 0 Å². The standard InChI is InChI=1S/C20H14F6N2O4/c1-2-27-14-10-6-5-9-13(14)15(28(27)31)16(29)11-7-3-4-8-12(11)17(30)32-18(19(21,22)23)20(24,25)26/h3-10,18H,2H2,1H3. The topological polar surface area (TPSA) is 75.2 Å². The summed E-state index contributed by atoms with van der Waals surface area (Å²) in [5.74, 6) is -3.07. The van der Waals surface area contributed by atoms with Crippen LogP contribution in [0.2, 0.25) is 0 Å². The van der Waals surface area contributed by atoms with Gasteiger partial charge < -0.3 is 9.94 Å². The number of para-hydroxylation sites is 1. The number of hydrogen-bond donors (Lipinski definition) is 0. The van der Waals surface area contributed by atoms with Crippen molar-refractivity contribution in [3.8, 4) is 0 Å². The Morgan fingerprint density at radius 2 is 1.50 bits per heavy atom. The molecule has 2 aromatic carbocycles. The van der Waals surface area contributed by atoms with Crippen molar-refractivity contribution < 1.29 is 45.5 Å². The molecular formula is C20H14F6N2O4. The summed E-state index contributed by atoms with van der Waals surface area (Å²) in [6.45, 7) is 1.80. The Morgan fingerprint density at radius 3 is 2.06 bits per heavy atom. The fourth-order valence-corrected chi connectivity index (χ4v) is 3.20. The van der Waals surface area contributed by atoms with Crippen molar-refractivity contribution in [2.45, 2.75) is 31.9 Å². The molecule has 0 saturated heterocycles. The zero-order valence-electron chi connectivity index (χ0n) is 16.2. The summed E-state index contributed by atoms with van der Waals surface area (Å²) >= 11 is 0. The zero-order valence-corrected chi connectivity index (χ0v) is 16.2. The molecule has 6 nitrogen and oxygen atoms in total. The molecular weight excluding hydrogens is 446 g/mol. The van der Waals surface area contributed by atoms with Gasteiger partial charge in [0.25, 0.3) is 17.6 Å². The summed E-state index contributed by atoms with van der Waals surface area (Å²) in [5.41, 5.74) is -1.48. The molecule has 0 radical (unpaired) electrons. The molecule has 0 aliphatic carbocycles. The lowest BCUT2D eigenvalue weighted by Crippen LogP contribution is -2.45. The summed E-state index contributed by atoms with van der Waals surface area (Å²) in [6.07, 6.45) is -16.2. The van der Waals surface area contributed by atoms with Crippen LogP contribution < -0.4 is 4.85 Å². The number of nitrogens with zero attached hydrogens (tertiary/aromatic N) is 2. The molecule has 0 atom stereocenters. The van der Waals surface area contributed by atoms with Gasteiger partial charge >= 0.3 is 18.3 Å². The van der Waals surface area contributed by atoms with Crippen LogP contribution in [0, 0.1) is 5.21 Å². The van der Waals surface area contributed by atoms with Crippen molar-refractivity contribution in [3.63, 3.8) is 0 Å². The van der Waals surface area contributed by atoms with E-state index in [9.17, 15) is 41.1 Å². The number of aromatic nitrogens is 2. The highest BCUT2D eigenvalue weighted by Gasteiger charge is 2.60. The molecule has 0 saturated carbocycles. The lowest BCUT2D eigenvalue weighted by Gasteiger charge is -2.23. The van der Waals surface area contributed by atoms with E-state index in [1.807, 2.05) is 0 Å². The number of rotatable bonds is 5. The number of carbonyl (C=O) groups is 2. The van der Waals surface area contributed by atoms with E-state index < -0.39 is 47.0 Å². The Kier molecular flexibility index (Phi) is 5.90. The largest absolute Gasteiger partial charge is 0.595 e. The molecule has 0 aliphatic heterocycles. The molecule has 1 heterocycles. The van der Waals surface area contributed by atoms with Gasteiger partial charge in [-0.05, 0) is 31.2 Å². The number of ether oxygens (including phenoxy) is 1. The SMILES string of the molecule is CCn1c2ccccc2c(C(=O)c2ccccc2C(=O)OC(C(F)(F)F)C(F)(F)F)[n+]1[O-]. The van der Waals surface area contributed by atoms with Crippen LogP contribution in [0.4, 0.5) is 26.3 Å². The average Bonchev–Trinajstić information content (AvgIpc) is 3.00. The molecule has 0 aliphatic rings. The highest BCUT2D eigenvalue weighted by Crippen LogP contribution is 2.36. The fraction of sp³-hybridized carbons (Fsp3) is 0.250. The Hall–Kier alpha value is -3.57. The molecule has 32 heavy (non-hydrogen) atoms. The van der Waals surface area contributed by atoms with Gasteiger partial charge in [-0.3, -0.25) is 4.79 Å². The Balaban J connectivity index is 2.08. The summed E-state index contributed by atoms with van der Waals surface area (Å²) < 4.78 is 81.5. The minimum Gasteiger partial charge on any atom is -0.595 e.